The maximum atomic E-state index is 5.91. The van der Waals surface area contributed by atoms with Crippen molar-refractivity contribution in [1.29, 1.82) is 0 Å². The van der Waals surface area contributed by atoms with Crippen LogP contribution in [0.2, 0.25) is 0 Å². The van der Waals surface area contributed by atoms with Gasteiger partial charge in [0.15, 0.2) is 0 Å². The van der Waals surface area contributed by atoms with Crippen LogP contribution in [0.5, 0.6) is 5.75 Å². The van der Waals surface area contributed by atoms with E-state index in [0.717, 1.165) is 51.6 Å². The number of rotatable bonds is 6. The number of ether oxygens (including phenoxy) is 2. The molecular formula is C15H24N2O2. The summed E-state index contributed by atoms with van der Waals surface area (Å²) in [5.74, 6) is 1.41. The van der Waals surface area contributed by atoms with Crippen molar-refractivity contribution in [3.63, 3.8) is 0 Å². The molecule has 0 spiro atoms. The van der Waals surface area contributed by atoms with E-state index in [1.54, 1.807) is 7.11 Å². The van der Waals surface area contributed by atoms with Gasteiger partial charge >= 0.3 is 0 Å². The van der Waals surface area contributed by atoms with E-state index in [0.29, 0.717) is 5.92 Å². The highest BCUT2D eigenvalue weighted by molar-refractivity contribution is 5.27. The minimum Gasteiger partial charge on any atom is -0.497 e. The van der Waals surface area contributed by atoms with Crippen LogP contribution in [0.3, 0.4) is 0 Å². The summed E-state index contributed by atoms with van der Waals surface area (Å²) in [4.78, 5) is 2.45. The summed E-state index contributed by atoms with van der Waals surface area (Å²) in [7, 11) is 1.69. The van der Waals surface area contributed by atoms with Crippen LogP contribution in [0.25, 0.3) is 0 Å². The molecule has 0 amide bonds. The van der Waals surface area contributed by atoms with Crippen LogP contribution in [0.4, 0.5) is 0 Å². The van der Waals surface area contributed by atoms with Crippen LogP contribution >= 0.6 is 0 Å². The van der Waals surface area contributed by atoms with E-state index in [9.17, 15) is 0 Å². The third kappa shape index (κ3) is 4.49. The molecule has 1 fully saturated rings. The molecule has 0 saturated carbocycles. The van der Waals surface area contributed by atoms with Crippen LogP contribution < -0.4 is 10.5 Å². The lowest BCUT2D eigenvalue weighted by Gasteiger charge is -2.30. The van der Waals surface area contributed by atoms with Crippen molar-refractivity contribution in [2.24, 2.45) is 11.7 Å². The first-order valence-electron chi connectivity index (χ1n) is 6.95. The maximum Gasteiger partial charge on any atom is 0.118 e. The first-order valence-corrected chi connectivity index (χ1v) is 6.95. The molecule has 0 radical (unpaired) electrons. The first-order chi connectivity index (χ1) is 9.31. The maximum absolute atomic E-state index is 5.91. The van der Waals surface area contributed by atoms with E-state index in [-0.39, 0.29) is 0 Å². The van der Waals surface area contributed by atoms with Crippen LogP contribution in [0.15, 0.2) is 24.3 Å². The zero-order valence-corrected chi connectivity index (χ0v) is 11.7. The number of hydrogen-bond donors (Lipinski definition) is 1. The normalized spacial score (nSPS) is 18.2. The van der Waals surface area contributed by atoms with Crippen molar-refractivity contribution in [1.82, 2.24) is 4.90 Å². The predicted octanol–water partition coefficient (Wildman–Crippen LogP) is 1.14. The Hall–Kier alpha value is -1.10. The third-order valence-electron chi connectivity index (χ3n) is 3.64. The second-order valence-electron chi connectivity index (χ2n) is 5.07. The van der Waals surface area contributed by atoms with Gasteiger partial charge in [-0.1, -0.05) is 12.1 Å². The van der Waals surface area contributed by atoms with Gasteiger partial charge in [0.2, 0.25) is 0 Å². The second-order valence-corrected chi connectivity index (χ2v) is 5.07. The van der Waals surface area contributed by atoms with Gasteiger partial charge in [-0.3, -0.25) is 4.90 Å². The summed E-state index contributed by atoms with van der Waals surface area (Å²) < 4.78 is 10.5. The van der Waals surface area contributed by atoms with Crippen molar-refractivity contribution in [2.75, 3.05) is 46.5 Å². The molecule has 0 aliphatic carbocycles. The van der Waals surface area contributed by atoms with Gasteiger partial charge in [-0.15, -0.1) is 0 Å². The summed E-state index contributed by atoms with van der Waals surface area (Å²) in [5, 5.41) is 0. The Morgan fingerprint density at radius 2 is 1.95 bits per heavy atom. The number of hydrogen-bond acceptors (Lipinski definition) is 4. The van der Waals surface area contributed by atoms with Gasteiger partial charge < -0.3 is 15.2 Å². The highest BCUT2D eigenvalue weighted by atomic mass is 16.5. The third-order valence-corrected chi connectivity index (χ3v) is 3.64. The molecule has 1 atom stereocenters. The fourth-order valence-corrected chi connectivity index (χ4v) is 2.47. The average molecular weight is 264 g/mol. The van der Waals surface area contributed by atoms with Gasteiger partial charge in [0.05, 0.1) is 20.3 Å². The fourth-order valence-electron chi connectivity index (χ4n) is 2.47. The Balaban J connectivity index is 1.86. The van der Waals surface area contributed by atoms with Crippen molar-refractivity contribution in [2.45, 2.75) is 6.42 Å². The van der Waals surface area contributed by atoms with Gasteiger partial charge in [0, 0.05) is 19.6 Å². The van der Waals surface area contributed by atoms with Gasteiger partial charge in [0.1, 0.15) is 5.75 Å². The van der Waals surface area contributed by atoms with E-state index in [1.807, 2.05) is 12.1 Å². The van der Waals surface area contributed by atoms with Crippen molar-refractivity contribution in [3.8, 4) is 5.75 Å². The first kappa shape index (κ1) is 14.3. The number of methoxy groups -OCH3 is 1. The minimum absolute atomic E-state index is 0.506. The molecule has 0 bridgehead atoms. The predicted molar refractivity (Wildman–Crippen MR) is 76.5 cm³/mol. The van der Waals surface area contributed by atoms with E-state index in [2.05, 4.69) is 17.0 Å². The molecule has 1 aromatic carbocycles. The zero-order chi connectivity index (χ0) is 13.5. The summed E-state index contributed by atoms with van der Waals surface area (Å²) >= 11 is 0. The van der Waals surface area contributed by atoms with E-state index < -0.39 is 0 Å². The molecule has 106 valence electrons. The summed E-state index contributed by atoms with van der Waals surface area (Å²) in [6, 6.07) is 8.27. The van der Waals surface area contributed by atoms with Crippen molar-refractivity contribution >= 4 is 0 Å². The average Bonchev–Trinajstić information content (AvgIpc) is 2.48. The molecule has 1 aliphatic rings. The van der Waals surface area contributed by atoms with Gasteiger partial charge in [-0.05, 0) is 36.6 Å². The van der Waals surface area contributed by atoms with E-state index in [1.165, 1.54) is 5.56 Å². The van der Waals surface area contributed by atoms with E-state index in [4.69, 9.17) is 15.2 Å². The molecule has 4 nitrogen and oxygen atoms in total. The lowest BCUT2D eigenvalue weighted by molar-refractivity contribution is 0.0312. The topological polar surface area (TPSA) is 47.7 Å². The van der Waals surface area contributed by atoms with Gasteiger partial charge in [-0.25, -0.2) is 0 Å². The fraction of sp³-hybridized carbons (Fsp3) is 0.600. The largest absolute Gasteiger partial charge is 0.497 e. The lowest BCUT2D eigenvalue weighted by Crippen LogP contribution is -2.41. The summed E-state index contributed by atoms with van der Waals surface area (Å²) in [6.45, 7) is 5.53. The molecule has 4 heteroatoms. The Morgan fingerprint density at radius 1 is 1.26 bits per heavy atom. The molecule has 1 aliphatic heterocycles. The van der Waals surface area contributed by atoms with E-state index >= 15 is 0 Å². The Bertz CT molecular complexity index is 361. The molecule has 1 unspecified atom stereocenters. The van der Waals surface area contributed by atoms with Crippen molar-refractivity contribution in [3.05, 3.63) is 29.8 Å². The smallest absolute Gasteiger partial charge is 0.118 e. The summed E-state index contributed by atoms with van der Waals surface area (Å²) in [5.41, 5.74) is 7.23. The zero-order valence-electron chi connectivity index (χ0n) is 11.7. The number of nitrogens with two attached hydrogens (primary N) is 1. The van der Waals surface area contributed by atoms with Crippen LogP contribution in [-0.4, -0.2) is 51.4 Å². The number of nitrogens with zero attached hydrogens (tertiary/aromatic N) is 1. The highest BCUT2D eigenvalue weighted by Gasteiger charge is 2.16. The molecular weight excluding hydrogens is 240 g/mol. The monoisotopic (exact) mass is 264 g/mol. The molecule has 0 aromatic heterocycles. The highest BCUT2D eigenvalue weighted by Crippen LogP contribution is 2.15. The lowest BCUT2D eigenvalue weighted by atomic mass is 9.98. The molecule has 1 heterocycles. The molecule has 1 aromatic rings. The molecule has 2 rings (SSSR count). The molecule has 1 saturated heterocycles. The van der Waals surface area contributed by atoms with Crippen LogP contribution in [-0.2, 0) is 11.2 Å². The number of morpholine rings is 1. The minimum atomic E-state index is 0.506. The number of benzene rings is 1. The Kier molecular flexibility index (Phi) is 5.63. The second kappa shape index (κ2) is 7.48. The molecule has 2 N–H and O–H groups in total. The molecule has 19 heavy (non-hydrogen) atoms. The standard InChI is InChI=1S/C15H24N2O2/c1-18-15-4-2-13(3-5-15)10-14(11-16)12-17-6-8-19-9-7-17/h2-5,14H,6-12,16H2,1H3. The Morgan fingerprint density at radius 3 is 2.53 bits per heavy atom. The summed E-state index contributed by atoms with van der Waals surface area (Å²) in [6.07, 6.45) is 1.03. The van der Waals surface area contributed by atoms with Crippen molar-refractivity contribution < 1.29 is 9.47 Å². The Labute approximate surface area is 115 Å². The van der Waals surface area contributed by atoms with Gasteiger partial charge in [0.25, 0.3) is 0 Å². The van der Waals surface area contributed by atoms with Crippen LogP contribution in [0, 0.1) is 5.92 Å². The van der Waals surface area contributed by atoms with Gasteiger partial charge in [-0.2, -0.15) is 0 Å². The SMILES string of the molecule is COc1ccc(CC(CN)CN2CCOCC2)cc1. The van der Waals surface area contributed by atoms with Crippen LogP contribution in [0.1, 0.15) is 5.56 Å². The quantitative estimate of drug-likeness (QED) is 0.837.